The standard InChI is InChI=1S/C21H31FN2O/c1-14(2)15-4-7-17(8-5-15)21(3,25)13-23-12-19-10-16-6-9-18(22)11-20(16)24-19/h6,9-11,14-15,17,23-25H,4-5,7-8,12-13H2,1-3H3. The van der Waals surface area contributed by atoms with Gasteiger partial charge in [0.1, 0.15) is 5.82 Å². The highest BCUT2D eigenvalue weighted by Gasteiger charge is 2.35. The second-order valence-electron chi connectivity index (χ2n) is 8.34. The number of aromatic nitrogens is 1. The van der Waals surface area contributed by atoms with Crippen molar-refractivity contribution in [2.75, 3.05) is 6.54 Å². The van der Waals surface area contributed by atoms with Gasteiger partial charge in [-0.15, -0.1) is 0 Å². The highest BCUT2D eigenvalue weighted by molar-refractivity contribution is 5.80. The van der Waals surface area contributed by atoms with Crippen LogP contribution in [0.15, 0.2) is 24.3 Å². The summed E-state index contributed by atoms with van der Waals surface area (Å²) in [4.78, 5) is 3.24. The maximum atomic E-state index is 13.3. The van der Waals surface area contributed by atoms with Crippen molar-refractivity contribution >= 4 is 10.9 Å². The maximum absolute atomic E-state index is 13.3. The number of aromatic amines is 1. The zero-order valence-electron chi connectivity index (χ0n) is 15.6. The van der Waals surface area contributed by atoms with E-state index in [1.165, 1.54) is 25.0 Å². The largest absolute Gasteiger partial charge is 0.389 e. The van der Waals surface area contributed by atoms with Crippen molar-refractivity contribution in [3.8, 4) is 0 Å². The number of rotatable bonds is 6. The van der Waals surface area contributed by atoms with Crippen LogP contribution in [0.5, 0.6) is 0 Å². The van der Waals surface area contributed by atoms with Gasteiger partial charge in [-0.25, -0.2) is 4.39 Å². The molecule has 1 aromatic heterocycles. The molecule has 1 fully saturated rings. The lowest BCUT2D eigenvalue weighted by Gasteiger charge is -2.39. The van der Waals surface area contributed by atoms with E-state index in [2.05, 4.69) is 24.1 Å². The lowest BCUT2D eigenvalue weighted by atomic mass is 9.71. The Morgan fingerprint density at radius 2 is 1.96 bits per heavy atom. The molecule has 1 unspecified atom stereocenters. The predicted octanol–water partition coefficient (Wildman–Crippen LogP) is 4.61. The normalized spacial score (nSPS) is 23.9. The molecule has 1 aromatic carbocycles. The lowest BCUT2D eigenvalue weighted by Crippen LogP contribution is -2.45. The first-order valence-corrected chi connectivity index (χ1v) is 9.55. The molecule has 0 saturated heterocycles. The molecule has 1 heterocycles. The maximum Gasteiger partial charge on any atom is 0.125 e. The van der Waals surface area contributed by atoms with Crippen LogP contribution >= 0.6 is 0 Å². The van der Waals surface area contributed by atoms with Gasteiger partial charge in [0.15, 0.2) is 0 Å². The van der Waals surface area contributed by atoms with Gasteiger partial charge in [0.05, 0.1) is 5.60 Å². The molecule has 0 radical (unpaired) electrons. The number of hydrogen-bond acceptors (Lipinski definition) is 2. The van der Waals surface area contributed by atoms with Crippen LogP contribution in [0, 0.1) is 23.6 Å². The van der Waals surface area contributed by atoms with Gasteiger partial charge in [0.25, 0.3) is 0 Å². The molecule has 0 spiro atoms. The molecule has 0 amide bonds. The van der Waals surface area contributed by atoms with Gasteiger partial charge >= 0.3 is 0 Å². The summed E-state index contributed by atoms with van der Waals surface area (Å²) in [6.07, 6.45) is 4.69. The monoisotopic (exact) mass is 346 g/mol. The van der Waals surface area contributed by atoms with E-state index in [1.54, 1.807) is 6.07 Å². The number of H-pyrrole nitrogens is 1. The molecule has 3 rings (SSSR count). The van der Waals surface area contributed by atoms with Crippen molar-refractivity contribution in [3.63, 3.8) is 0 Å². The van der Waals surface area contributed by atoms with Crippen molar-refractivity contribution in [3.05, 3.63) is 35.8 Å². The zero-order valence-corrected chi connectivity index (χ0v) is 15.6. The molecule has 4 heteroatoms. The van der Waals surface area contributed by atoms with Crippen molar-refractivity contribution in [2.45, 2.75) is 58.6 Å². The summed E-state index contributed by atoms with van der Waals surface area (Å²) in [5, 5.41) is 15.3. The summed E-state index contributed by atoms with van der Waals surface area (Å²) in [5.74, 6) is 1.70. The van der Waals surface area contributed by atoms with Gasteiger partial charge in [-0.3, -0.25) is 0 Å². The molecule has 0 aliphatic heterocycles. The van der Waals surface area contributed by atoms with Gasteiger partial charge in [0, 0.05) is 24.3 Å². The summed E-state index contributed by atoms with van der Waals surface area (Å²) >= 11 is 0. The summed E-state index contributed by atoms with van der Waals surface area (Å²) in [5.41, 5.74) is 1.15. The third kappa shape index (κ3) is 4.42. The molecule has 1 aliphatic rings. The number of benzene rings is 1. The number of hydrogen-bond donors (Lipinski definition) is 3. The van der Waals surface area contributed by atoms with E-state index in [9.17, 15) is 9.50 Å². The van der Waals surface area contributed by atoms with E-state index in [0.29, 0.717) is 19.0 Å². The van der Waals surface area contributed by atoms with Crippen LogP contribution in [-0.4, -0.2) is 22.2 Å². The van der Waals surface area contributed by atoms with Crippen LogP contribution in [0.2, 0.25) is 0 Å². The van der Waals surface area contributed by atoms with Gasteiger partial charge in [0.2, 0.25) is 0 Å². The van der Waals surface area contributed by atoms with Crippen molar-refractivity contribution in [1.82, 2.24) is 10.3 Å². The average Bonchev–Trinajstić information content (AvgIpc) is 2.96. The van der Waals surface area contributed by atoms with Crippen LogP contribution in [-0.2, 0) is 6.54 Å². The highest BCUT2D eigenvalue weighted by Crippen LogP contribution is 2.38. The Morgan fingerprint density at radius 1 is 1.24 bits per heavy atom. The van der Waals surface area contributed by atoms with E-state index in [4.69, 9.17) is 0 Å². The number of halogens is 1. The molecule has 3 nitrogen and oxygen atoms in total. The van der Waals surface area contributed by atoms with Crippen molar-refractivity contribution in [1.29, 1.82) is 0 Å². The summed E-state index contributed by atoms with van der Waals surface area (Å²) in [6.45, 7) is 7.79. The first-order chi connectivity index (χ1) is 11.8. The molecule has 1 saturated carbocycles. The van der Waals surface area contributed by atoms with Gasteiger partial charge in [-0.2, -0.15) is 0 Å². The van der Waals surface area contributed by atoms with Gasteiger partial charge in [-0.1, -0.05) is 13.8 Å². The first kappa shape index (κ1) is 18.4. The number of aliphatic hydroxyl groups is 1. The van der Waals surface area contributed by atoms with Crippen molar-refractivity contribution in [2.24, 2.45) is 17.8 Å². The Morgan fingerprint density at radius 3 is 2.64 bits per heavy atom. The molecule has 1 atom stereocenters. The lowest BCUT2D eigenvalue weighted by molar-refractivity contribution is -0.0240. The van der Waals surface area contributed by atoms with E-state index in [0.717, 1.165) is 41.3 Å². The van der Waals surface area contributed by atoms with Gasteiger partial charge < -0.3 is 15.4 Å². The fourth-order valence-corrected chi connectivity index (χ4v) is 4.26. The number of fused-ring (bicyclic) bond motifs is 1. The van der Waals surface area contributed by atoms with Gasteiger partial charge in [-0.05, 0) is 80.0 Å². The quantitative estimate of drug-likeness (QED) is 0.715. The minimum Gasteiger partial charge on any atom is -0.389 e. The third-order valence-corrected chi connectivity index (χ3v) is 6.03. The van der Waals surface area contributed by atoms with Crippen molar-refractivity contribution < 1.29 is 9.50 Å². The molecular weight excluding hydrogens is 315 g/mol. The zero-order chi connectivity index (χ0) is 18.0. The Hall–Kier alpha value is -1.39. The summed E-state index contributed by atoms with van der Waals surface area (Å²) < 4.78 is 13.3. The van der Waals surface area contributed by atoms with Crippen LogP contribution < -0.4 is 5.32 Å². The highest BCUT2D eigenvalue weighted by atomic mass is 19.1. The molecule has 138 valence electrons. The second kappa shape index (κ2) is 7.46. The first-order valence-electron chi connectivity index (χ1n) is 9.55. The van der Waals surface area contributed by atoms with E-state index >= 15 is 0 Å². The van der Waals surface area contributed by atoms with Crippen LogP contribution in [0.3, 0.4) is 0 Å². The molecule has 0 bridgehead atoms. The van der Waals surface area contributed by atoms with Crippen LogP contribution in [0.25, 0.3) is 10.9 Å². The summed E-state index contributed by atoms with van der Waals surface area (Å²) in [6, 6.07) is 6.81. The Bertz CT molecular complexity index is 699. The predicted molar refractivity (Wildman–Crippen MR) is 101 cm³/mol. The van der Waals surface area contributed by atoms with E-state index < -0.39 is 5.60 Å². The topological polar surface area (TPSA) is 48.0 Å². The molecule has 25 heavy (non-hydrogen) atoms. The van der Waals surface area contributed by atoms with E-state index in [1.807, 2.05) is 13.0 Å². The fourth-order valence-electron chi connectivity index (χ4n) is 4.26. The Balaban J connectivity index is 1.51. The molecule has 1 aliphatic carbocycles. The summed E-state index contributed by atoms with van der Waals surface area (Å²) in [7, 11) is 0. The smallest absolute Gasteiger partial charge is 0.125 e. The average molecular weight is 346 g/mol. The molecule has 3 N–H and O–H groups in total. The van der Waals surface area contributed by atoms with Crippen LogP contribution in [0.4, 0.5) is 4.39 Å². The fraction of sp³-hybridized carbons (Fsp3) is 0.619. The van der Waals surface area contributed by atoms with E-state index in [-0.39, 0.29) is 5.82 Å². The molecule has 2 aromatic rings. The minimum absolute atomic E-state index is 0.228. The third-order valence-electron chi connectivity index (χ3n) is 6.03. The van der Waals surface area contributed by atoms with Crippen LogP contribution in [0.1, 0.15) is 52.1 Å². The number of nitrogens with one attached hydrogen (secondary N) is 2. The Labute approximate surface area is 150 Å². The second-order valence-corrected chi connectivity index (χ2v) is 8.34. The molecular formula is C21H31FN2O. The minimum atomic E-state index is -0.680. The Kier molecular flexibility index (Phi) is 5.49. The SMILES string of the molecule is CC(C)C1CCC(C(C)(O)CNCc2cc3ccc(F)cc3[nH]2)CC1.